The highest BCUT2D eigenvalue weighted by atomic mass is 32.2. The number of hydrogen-bond donors (Lipinski definition) is 0. The summed E-state index contributed by atoms with van der Waals surface area (Å²) in [6, 6.07) is 0. The van der Waals surface area contributed by atoms with E-state index >= 15 is 0 Å². The van der Waals surface area contributed by atoms with Gasteiger partial charge in [0, 0.05) is 31.6 Å². The standard InChI is InChI=1S/C13H21N3O3S2/c1-13(2,3)11-10(9-17)20-12(14-11)15-5-7-16(8-6-15)21(4,18)19/h9H,5-8H2,1-4H3. The van der Waals surface area contributed by atoms with Crippen LogP contribution in [0.15, 0.2) is 0 Å². The molecule has 118 valence electrons. The Labute approximate surface area is 129 Å². The van der Waals surface area contributed by atoms with Gasteiger partial charge in [-0.15, -0.1) is 0 Å². The lowest BCUT2D eigenvalue weighted by Crippen LogP contribution is -2.48. The molecular weight excluding hydrogens is 310 g/mol. The van der Waals surface area contributed by atoms with Gasteiger partial charge in [-0.25, -0.2) is 13.4 Å². The maximum atomic E-state index is 11.5. The molecule has 1 fully saturated rings. The summed E-state index contributed by atoms with van der Waals surface area (Å²) in [6.45, 7) is 8.20. The molecule has 1 aromatic rings. The van der Waals surface area contributed by atoms with Crippen molar-refractivity contribution in [3.05, 3.63) is 10.6 Å². The molecule has 1 aromatic heterocycles. The largest absolute Gasteiger partial charge is 0.345 e. The first kappa shape index (κ1) is 16.4. The van der Waals surface area contributed by atoms with E-state index in [2.05, 4.69) is 9.88 Å². The molecule has 0 saturated carbocycles. The molecule has 21 heavy (non-hydrogen) atoms. The molecule has 1 aliphatic heterocycles. The van der Waals surface area contributed by atoms with Crippen molar-refractivity contribution in [1.29, 1.82) is 0 Å². The molecule has 1 saturated heterocycles. The molecule has 0 radical (unpaired) electrons. The van der Waals surface area contributed by atoms with Crippen molar-refractivity contribution in [2.75, 3.05) is 37.3 Å². The summed E-state index contributed by atoms with van der Waals surface area (Å²) < 4.78 is 24.5. The van der Waals surface area contributed by atoms with Crippen molar-refractivity contribution in [1.82, 2.24) is 9.29 Å². The van der Waals surface area contributed by atoms with Gasteiger partial charge in [0.05, 0.1) is 16.8 Å². The van der Waals surface area contributed by atoms with Gasteiger partial charge in [-0.05, 0) is 0 Å². The molecule has 1 aliphatic rings. The Hall–Kier alpha value is -0.990. The summed E-state index contributed by atoms with van der Waals surface area (Å²) in [4.78, 5) is 18.5. The first-order valence-corrected chi connectivity index (χ1v) is 9.46. The minimum Gasteiger partial charge on any atom is -0.345 e. The minimum absolute atomic E-state index is 0.181. The van der Waals surface area contributed by atoms with Gasteiger partial charge in [-0.1, -0.05) is 32.1 Å². The molecule has 0 atom stereocenters. The topological polar surface area (TPSA) is 70.6 Å². The fraction of sp³-hybridized carbons (Fsp3) is 0.692. The van der Waals surface area contributed by atoms with E-state index in [1.807, 2.05) is 20.8 Å². The molecule has 0 unspecified atom stereocenters. The van der Waals surface area contributed by atoms with Crippen molar-refractivity contribution in [3.63, 3.8) is 0 Å². The fourth-order valence-corrected chi connectivity index (χ4v) is 4.25. The van der Waals surface area contributed by atoms with Crippen LogP contribution in [0, 0.1) is 0 Å². The third kappa shape index (κ3) is 3.61. The van der Waals surface area contributed by atoms with Crippen molar-refractivity contribution in [2.45, 2.75) is 26.2 Å². The number of anilines is 1. The summed E-state index contributed by atoms with van der Waals surface area (Å²) in [5.74, 6) is 0. The van der Waals surface area contributed by atoms with E-state index in [0.29, 0.717) is 31.1 Å². The molecular formula is C13H21N3O3S2. The first-order chi connectivity index (χ1) is 9.63. The van der Waals surface area contributed by atoms with E-state index in [9.17, 15) is 13.2 Å². The van der Waals surface area contributed by atoms with Crippen LogP contribution in [0.4, 0.5) is 5.13 Å². The van der Waals surface area contributed by atoms with E-state index < -0.39 is 10.0 Å². The lowest BCUT2D eigenvalue weighted by Gasteiger charge is -2.33. The summed E-state index contributed by atoms with van der Waals surface area (Å²) in [6.07, 6.45) is 2.09. The van der Waals surface area contributed by atoms with Crippen LogP contribution in [-0.4, -0.2) is 56.4 Å². The smallest absolute Gasteiger partial charge is 0.211 e. The maximum absolute atomic E-state index is 11.5. The summed E-state index contributed by atoms with van der Waals surface area (Å²) >= 11 is 1.38. The Balaban J connectivity index is 2.18. The SMILES string of the molecule is CC(C)(C)c1nc(N2CCN(S(C)(=O)=O)CC2)sc1C=O. The number of sulfonamides is 1. The number of carbonyl (C=O) groups excluding carboxylic acids is 1. The molecule has 2 rings (SSSR count). The molecule has 6 nitrogen and oxygen atoms in total. The summed E-state index contributed by atoms with van der Waals surface area (Å²) in [5, 5.41) is 0.801. The highest BCUT2D eigenvalue weighted by molar-refractivity contribution is 7.88. The van der Waals surface area contributed by atoms with Gasteiger partial charge in [0.25, 0.3) is 0 Å². The Kier molecular flexibility index (Phi) is 4.41. The van der Waals surface area contributed by atoms with Crippen LogP contribution in [0.25, 0.3) is 0 Å². The van der Waals surface area contributed by atoms with Crippen LogP contribution < -0.4 is 4.90 Å². The second-order valence-corrected chi connectivity index (χ2v) is 9.22. The van der Waals surface area contributed by atoms with Gasteiger partial charge in [-0.3, -0.25) is 4.79 Å². The van der Waals surface area contributed by atoms with Crippen LogP contribution in [-0.2, 0) is 15.4 Å². The summed E-state index contributed by atoms with van der Waals surface area (Å²) in [7, 11) is -3.13. The number of nitrogens with zero attached hydrogens (tertiary/aromatic N) is 3. The molecule has 0 aliphatic carbocycles. The monoisotopic (exact) mass is 331 g/mol. The number of carbonyl (C=O) groups is 1. The zero-order chi connectivity index (χ0) is 15.8. The molecule has 0 spiro atoms. The number of thiazole rings is 1. The second-order valence-electron chi connectivity index (χ2n) is 6.23. The number of aromatic nitrogens is 1. The van der Waals surface area contributed by atoms with Gasteiger partial charge < -0.3 is 4.90 Å². The highest BCUT2D eigenvalue weighted by Crippen LogP contribution is 2.33. The molecule has 0 N–H and O–H groups in total. The lowest BCUT2D eigenvalue weighted by atomic mass is 9.91. The van der Waals surface area contributed by atoms with E-state index in [1.54, 1.807) is 0 Å². The van der Waals surface area contributed by atoms with Gasteiger partial charge >= 0.3 is 0 Å². The number of hydrogen-bond acceptors (Lipinski definition) is 6. The quantitative estimate of drug-likeness (QED) is 0.782. The highest BCUT2D eigenvalue weighted by Gasteiger charge is 2.28. The normalized spacial score (nSPS) is 18.0. The molecule has 0 bridgehead atoms. The van der Waals surface area contributed by atoms with Crippen molar-refractivity contribution < 1.29 is 13.2 Å². The number of piperazine rings is 1. The molecule has 8 heteroatoms. The predicted octanol–water partition coefficient (Wildman–Crippen LogP) is 1.33. The minimum atomic E-state index is -3.13. The fourth-order valence-electron chi connectivity index (χ4n) is 2.28. The van der Waals surface area contributed by atoms with Crippen LogP contribution in [0.5, 0.6) is 0 Å². The Morgan fingerprint density at radius 1 is 1.19 bits per heavy atom. The third-order valence-corrected chi connectivity index (χ3v) is 5.78. The van der Waals surface area contributed by atoms with Crippen LogP contribution in [0.2, 0.25) is 0 Å². The molecule has 0 aromatic carbocycles. The Morgan fingerprint density at radius 2 is 1.76 bits per heavy atom. The average molecular weight is 331 g/mol. The lowest BCUT2D eigenvalue weighted by molar-refractivity contribution is 0.112. The maximum Gasteiger partial charge on any atom is 0.211 e. The van der Waals surface area contributed by atoms with Gasteiger partial charge in [0.15, 0.2) is 11.4 Å². The zero-order valence-electron chi connectivity index (χ0n) is 12.8. The van der Waals surface area contributed by atoms with Gasteiger partial charge in [-0.2, -0.15) is 4.31 Å². The van der Waals surface area contributed by atoms with Crippen molar-refractivity contribution >= 4 is 32.8 Å². The van der Waals surface area contributed by atoms with Crippen LogP contribution >= 0.6 is 11.3 Å². The molecule has 0 amide bonds. The predicted molar refractivity (Wildman–Crippen MR) is 84.8 cm³/mol. The van der Waals surface area contributed by atoms with E-state index in [-0.39, 0.29) is 5.41 Å². The van der Waals surface area contributed by atoms with E-state index in [0.717, 1.165) is 17.1 Å². The zero-order valence-corrected chi connectivity index (χ0v) is 14.4. The second kappa shape index (κ2) is 5.66. The number of rotatable bonds is 3. The Morgan fingerprint density at radius 3 is 2.14 bits per heavy atom. The Bertz CT molecular complexity index is 624. The van der Waals surface area contributed by atoms with Gasteiger partial charge in [0.1, 0.15) is 0 Å². The third-order valence-electron chi connectivity index (χ3n) is 3.44. The van der Waals surface area contributed by atoms with Gasteiger partial charge in [0.2, 0.25) is 10.0 Å². The van der Waals surface area contributed by atoms with Crippen LogP contribution in [0.1, 0.15) is 36.1 Å². The number of aldehydes is 1. The average Bonchev–Trinajstić information content (AvgIpc) is 2.82. The van der Waals surface area contributed by atoms with E-state index in [4.69, 9.17) is 0 Å². The van der Waals surface area contributed by atoms with Crippen LogP contribution in [0.3, 0.4) is 0 Å². The first-order valence-electron chi connectivity index (χ1n) is 6.79. The van der Waals surface area contributed by atoms with Crippen molar-refractivity contribution in [2.24, 2.45) is 0 Å². The van der Waals surface area contributed by atoms with E-state index in [1.165, 1.54) is 21.9 Å². The summed E-state index contributed by atoms with van der Waals surface area (Å²) in [5.41, 5.74) is 0.627. The van der Waals surface area contributed by atoms with Crippen molar-refractivity contribution in [3.8, 4) is 0 Å². The molecule has 2 heterocycles.